The van der Waals surface area contributed by atoms with E-state index in [1.165, 1.54) is 4.90 Å². The van der Waals surface area contributed by atoms with E-state index in [0.29, 0.717) is 43.9 Å². The number of methoxy groups -OCH3 is 1. The molecule has 3 rings (SSSR count). The van der Waals surface area contributed by atoms with E-state index in [1.54, 1.807) is 36.3 Å². The topological polar surface area (TPSA) is 90.4 Å². The number of piperidine rings is 1. The standard InChI is InChI=1S/C25H37N3O5/c1-5-21(29)18-9-11-27(12-10-18)22(30)16-25(19-7-6-8-20(15-19)33-4)17-23(31)28(24(25)32)14-13-26(2)3/h6-8,15,18,21,29H,5,9-14,16-17H2,1-4H3. The number of imide groups is 1. The van der Waals surface area contributed by atoms with Crippen molar-refractivity contribution in [2.45, 2.75) is 50.5 Å². The van der Waals surface area contributed by atoms with Crippen LogP contribution in [0.15, 0.2) is 24.3 Å². The molecule has 0 aliphatic carbocycles. The van der Waals surface area contributed by atoms with Crippen LogP contribution in [-0.2, 0) is 19.8 Å². The van der Waals surface area contributed by atoms with Crippen LogP contribution in [0.3, 0.4) is 0 Å². The second-order valence-electron chi connectivity index (χ2n) is 9.52. The Labute approximate surface area is 196 Å². The minimum absolute atomic E-state index is 0.0246. The van der Waals surface area contributed by atoms with Crippen LogP contribution >= 0.6 is 0 Å². The zero-order valence-corrected chi connectivity index (χ0v) is 20.2. The Hall–Kier alpha value is -2.45. The van der Waals surface area contributed by atoms with Gasteiger partial charge in [0.25, 0.3) is 0 Å². The first-order chi connectivity index (χ1) is 15.7. The van der Waals surface area contributed by atoms with Crippen LogP contribution in [0.4, 0.5) is 0 Å². The largest absolute Gasteiger partial charge is 0.497 e. The molecule has 8 heteroatoms. The maximum Gasteiger partial charge on any atom is 0.240 e. The van der Waals surface area contributed by atoms with Gasteiger partial charge in [-0.1, -0.05) is 19.1 Å². The van der Waals surface area contributed by atoms with E-state index in [1.807, 2.05) is 25.9 Å². The summed E-state index contributed by atoms with van der Waals surface area (Å²) in [5.74, 6) is 0.0932. The molecule has 8 nitrogen and oxygen atoms in total. The van der Waals surface area contributed by atoms with Crippen molar-refractivity contribution in [2.24, 2.45) is 5.92 Å². The van der Waals surface area contributed by atoms with E-state index in [0.717, 1.165) is 12.8 Å². The third-order valence-electron chi connectivity index (χ3n) is 7.11. The Balaban J connectivity index is 1.85. The Bertz CT molecular complexity index is 865. The van der Waals surface area contributed by atoms with E-state index in [9.17, 15) is 19.5 Å². The summed E-state index contributed by atoms with van der Waals surface area (Å²) >= 11 is 0. The quantitative estimate of drug-likeness (QED) is 0.565. The second kappa shape index (κ2) is 10.7. The zero-order valence-electron chi connectivity index (χ0n) is 20.2. The molecule has 2 saturated heterocycles. The van der Waals surface area contributed by atoms with Crippen LogP contribution in [0.5, 0.6) is 5.75 Å². The van der Waals surface area contributed by atoms with Crippen molar-refractivity contribution >= 4 is 17.7 Å². The number of carbonyl (C=O) groups excluding carboxylic acids is 3. The maximum absolute atomic E-state index is 13.7. The van der Waals surface area contributed by atoms with Crippen LogP contribution < -0.4 is 4.74 Å². The van der Waals surface area contributed by atoms with Crippen molar-refractivity contribution in [1.29, 1.82) is 0 Å². The molecule has 2 atom stereocenters. The minimum Gasteiger partial charge on any atom is -0.497 e. The van der Waals surface area contributed by atoms with Gasteiger partial charge in [0.05, 0.1) is 18.6 Å². The van der Waals surface area contributed by atoms with Crippen LogP contribution in [0, 0.1) is 5.92 Å². The molecule has 2 heterocycles. The molecule has 182 valence electrons. The Morgan fingerprint density at radius 1 is 1.27 bits per heavy atom. The highest BCUT2D eigenvalue weighted by atomic mass is 16.5. The van der Waals surface area contributed by atoms with Gasteiger partial charge in [-0.15, -0.1) is 0 Å². The SMILES string of the molecule is CCC(O)C1CCN(C(=O)CC2(c3cccc(OC)c3)CC(=O)N(CCN(C)C)C2=O)CC1. The molecule has 0 spiro atoms. The lowest BCUT2D eigenvalue weighted by molar-refractivity contribution is -0.143. The first kappa shape index (κ1) is 25.2. The molecule has 33 heavy (non-hydrogen) atoms. The van der Waals surface area contributed by atoms with Crippen molar-refractivity contribution in [3.05, 3.63) is 29.8 Å². The third kappa shape index (κ3) is 5.38. The number of rotatable bonds is 9. The number of carbonyl (C=O) groups is 3. The molecule has 1 N–H and O–H groups in total. The third-order valence-corrected chi connectivity index (χ3v) is 7.11. The number of ether oxygens (including phenoxy) is 1. The number of nitrogens with zero attached hydrogens (tertiary/aromatic N) is 3. The number of hydrogen-bond donors (Lipinski definition) is 1. The second-order valence-corrected chi connectivity index (χ2v) is 9.52. The highest BCUT2D eigenvalue weighted by Gasteiger charge is 2.54. The van der Waals surface area contributed by atoms with E-state index >= 15 is 0 Å². The molecule has 0 aromatic heterocycles. The molecule has 1 aromatic carbocycles. The summed E-state index contributed by atoms with van der Waals surface area (Å²) in [7, 11) is 5.34. The monoisotopic (exact) mass is 459 g/mol. The van der Waals surface area contributed by atoms with Crippen molar-refractivity contribution in [2.75, 3.05) is 47.4 Å². The molecule has 2 aliphatic heterocycles. The summed E-state index contributed by atoms with van der Waals surface area (Å²) in [5, 5.41) is 10.2. The summed E-state index contributed by atoms with van der Waals surface area (Å²) in [6.07, 6.45) is 1.78. The van der Waals surface area contributed by atoms with Gasteiger partial charge < -0.3 is 19.6 Å². The fraction of sp³-hybridized carbons (Fsp3) is 0.640. The number of hydrogen-bond acceptors (Lipinski definition) is 6. The van der Waals surface area contributed by atoms with Gasteiger partial charge in [0, 0.05) is 39.0 Å². The smallest absolute Gasteiger partial charge is 0.240 e. The number of benzene rings is 1. The van der Waals surface area contributed by atoms with Crippen LogP contribution in [0.2, 0.25) is 0 Å². The van der Waals surface area contributed by atoms with E-state index in [2.05, 4.69) is 0 Å². The maximum atomic E-state index is 13.7. The van der Waals surface area contributed by atoms with Gasteiger partial charge in [-0.25, -0.2) is 0 Å². The summed E-state index contributed by atoms with van der Waals surface area (Å²) < 4.78 is 5.36. The first-order valence-electron chi connectivity index (χ1n) is 11.8. The van der Waals surface area contributed by atoms with Crippen molar-refractivity contribution < 1.29 is 24.2 Å². The molecular weight excluding hydrogens is 422 g/mol. The van der Waals surface area contributed by atoms with E-state index < -0.39 is 5.41 Å². The Morgan fingerprint density at radius 2 is 1.97 bits per heavy atom. The molecule has 2 unspecified atom stereocenters. The van der Waals surface area contributed by atoms with E-state index in [-0.39, 0.29) is 42.6 Å². The van der Waals surface area contributed by atoms with Crippen molar-refractivity contribution in [3.8, 4) is 5.75 Å². The Morgan fingerprint density at radius 3 is 2.58 bits per heavy atom. The zero-order chi connectivity index (χ0) is 24.2. The molecule has 0 bridgehead atoms. The number of amides is 3. The number of aliphatic hydroxyl groups is 1. The molecule has 0 saturated carbocycles. The number of aliphatic hydroxyl groups excluding tert-OH is 1. The Kier molecular flexibility index (Phi) is 8.13. The van der Waals surface area contributed by atoms with Crippen LogP contribution in [0.25, 0.3) is 0 Å². The van der Waals surface area contributed by atoms with Gasteiger partial charge in [0.2, 0.25) is 17.7 Å². The van der Waals surface area contributed by atoms with Crippen LogP contribution in [0.1, 0.15) is 44.6 Å². The normalized spacial score (nSPS) is 22.8. The molecular formula is C25H37N3O5. The van der Waals surface area contributed by atoms with Gasteiger partial charge in [0.15, 0.2) is 0 Å². The average molecular weight is 460 g/mol. The number of likely N-dealkylation sites (tertiary alicyclic amines) is 2. The lowest BCUT2D eigenvalue weighted by atomic mass is 9.75. The number of likely N-dealkylation sites (N-methyl/N-ethyl adjacent to an activating group) is 1. The highest BCUT2D eigenvalue weighted by Crippen LogP contribution is 2.41. The predicted octanol–water partition coefficient (Wildman–Crippen LogP) is 1.65. The molecule has 3 amide bonds. The minimum atomic E-state index is -1.23. The molecule has 0 radical (unpaired) electrons. The molecule has 2 aliphatic rings. The van der Waals surface area contributed by atoms with Gasteiger partial charge in [-0.3, -0.25) is 19.3 Å². The molecule has 2 fully saturated rings. The van der Waals surface area contributed by atoms with Gasteiger partial charge in [-0.05, 0) is 57.0 Å². The first-order valence-corrected chi connectivity index (χ1v) is 11.8. The lowest BCUT2D eigenvalue weighted by Gasteiger charge is -2.36. The highest BCUT2D eigenvalue weighted by molar-refractivity contribution is 6.10. The fourth-order valence-corrected chi connectivity index (χ4v) is 4.95. The van der Waals surface area contributed by atoms with Gasteiger partial charge in [-0.2, -0.15) is 0 Å². The summed E-state index contributed by atoms with van der Waals surface area (Å²) in [6.45, 7) is 3.94. The summed E-state index contributed by atoms with van der Waals surface area (Å²) in [5.41, 5.74) is -0.591. The van der Waals surface area contributed by atoms with Gasteiger partial charge >= 0.3 is 0 Å². The summed E-state index contributed by atoms with van der Waals surface area (Å²) in [6, 6.07) is 7.14. The van der Waals surface area contributed by atoms with Crippen molar-refractivity contribution in [1.82, 2.24) is 14.7 Å². The summed E-state index contributed by atoms with van der Waals surface area (Å²) in [4.78, 5) is 45.0. The average Bonchev–Trinajstić information content (AvgIpc) is 3.06. The molecule has 1 aromatic rings. The fourth-order valence-electron chi connectivity index (χ4n) is 4.95. The van der Waals surface area contributed by atoms with Crippen molar-refractivity contribution in [3.63, 3.8) is 0 Å². The van der Waals surface area contributed by atoms with Crippen LogP contribution in [-0.4, -0.2) is 91.0 Å². The lowest BCUT2D eigenvalue weighted by Crippen LogP contribution is -2.47. The van der Waals surface area contributed by atoms with Gasteiger partial charge in [0.1, 0.15) is 5.75 Å². The predicted molar refractivity (Wildman–Crippen MR) is 125 cm³/mol. The van der Waals surface area contributed by atoms with E-state index in [4.69, 9.17) is 4.74 Å².